The molecule has 17 heavy (non-hydrogen) atoms. The first-order valence-electron chi connectivity index (χ1n) is 5.24. The van der Waals surface area contributed by atoms with Gasteiger partial charge in [-0.05, 0) is 12.0 Å². The molecule has 0 amide bonds. The third kappa shape index (κ3) is 2.95. The van der Waals surface area contributed by atoms with Crippen molar-refractivity contribution in [2.45, 2.75) is 18.2 Å². The lowest BCUT2D eigenvalue weighted by Crippen LogP contribution is -1.89. The molecule has 2 aromatic rings. The van der Waals surface area contributed by atoms with Gasteiger partial charge in [0.15, 0.2) is 4.34 Å². The monoisotopic (exact) mass is 268 g/mol. The molecule has 1 heterocycles. The number of nitro benzene ring substituents is 1. The predicted octanol–water partition coefficient (Wildman–Crippen LogP) is 3.95. The summed E-state index contributed by atoms with van der Waals surface area (Å²) in [5, 5.41) is 10.7. The summed E-state index contributed by atoms with van der Waals surface area (Å²) in [6, 6.07) is 4.80. The van der Waals surface area contributed by atoms with E-state index < -0.39 is 0 Å². The number of hydrogen-bond donors (Lipinski definition) is 0. The van der Waals surface area contributed by atoms with Crippen LogP contribution in [0.1, 0.15) is 13.8 Å². The van der Waals surface area contributed by atoms with Crippen LogP contribution in [0.2, 0.25) is 0 Å². The zero-order valence-electron chi connectivity index (χ0n) is 9.54. The van der Waals surface area contributed by atoms with Crippen molar-refractivity contribution in [3.63, 3.8) is 0 Å². The highest BCUT2D eigenvalue weighted by Crippen LogP contribution is 2.32. The summed E-state index contributed by atoms with van der Waals surface area (Å²) in [4.78, 5) is 14.7. The molecule has 2 rings (SSSR count). The van der Waals surface area contributed by atoms with E-state index >= 15 is 0 Å². The molecule has 0 fully saturated rings. The van der Waals surface area contributed by atoms with E-state index in [2.05, 4.69) is 18.8 Å². The summed E-state index contributed by atoms with van der Waals surface area (Å²) in [5.41, 5.74) is 0.966. The molecule has 0 atom stereocenters. The third-order valence-electron chi connectivity index (χ3n) is 2.10. The van der Waals surface area contributed by atoms with Crippen LogP contribution in [0.15, 0.2) is 22.5 Å². The molecule has 1 aromatic heterocycles. The van der Waals surface area contributed by atoms with Crippen LogP contribution in [0, 0.1) is 16.0 Å². The van der Waals surface area contributed by atoms with Crippen molar-refractivity contribution < 1.29 is 4.92 Å². The molecule has 6 heteroatoms. The smallest absolute Gasteiger partial charge is 0.258 e. The van der Waals surface area contributed by atoms with E-state index in [1.165, 1.54) is 17.4 Å². The van der Waals surface area contributed by atoms with Gasteiger partial charge < -0.3 is 0 Å². The number of nitrogens with zero attached hydrogens (tertiary/aromatic N) is 2. The van der Waals surface area contributed by atoms with Crippen LogP contribution in [-0.2, 0) is 0 Å². The Bertz CT molecular complexity index is 551. The second-order valence-corrected chi connectivity index (χ2v) is 6.39. The molecule has 0 aliphatic heterocycles. The van der Waals surface area contributed by atoms with Crippen LogP contribution >= 0.6 is 23.1 Å². The van der Waals surface area contributed by atoms with E-state index in [1.54, 1.807) is 23.9 Å². The maximum Gasteiger partial charge on any atom is 0.270 e. The molecule has 90 valence electrons. The van der Waals surface area contributed by atoms with Crippen LogP contribution in [0.5, 0.6) is 0 Å². The lowest BCUT2D eigenvalue weighted by molar-refractivity contribution is -0.384. The van der Waals surface area contributed by atoms with Crippen LogP contribution in [0.25, 0.3) is 10.2 Å². The van der Waals surface area contributed by atoms with Gasteiger partial charge in [0.2, 0.25) is 0 Å². The zero-order valence-corrected chi connectivity index (χ0v) is 11.2. The molecular formula is C11H12N2O2S2. The maximum absolute atomic E-state index is 10.7. The number of hydrogen-bond acceptors (Lipinski definition) is 5. The Morgan fingerprint density at radius 3 is 2.94 bits per heavy atom. The van der Waals surface area contributed by atoms with Crippen molar-refractivity contribution in [3.05, 3.63) is 28.3 Å². The second kappa shape index (κ2) is 5.01. The van der Waals surface area contributed by atoms with E-state index in [9.17, 15) is 10.1 Å². The van der Waals surface area contributed by atoms with E-state index in [1.807, 2.05) is 0 Å². The first-order valence-corrected chi connectivity index (χ1v) is 7.04. The Hall–Kier alpha value is -1.14. The number of rotatable bonds is 4. The minimum atomic E-state index is -0.375. The number of thioether (sulfide) groups is 1. The first-order chi connectivity index (χ1) is 8.06. The molecule has 0 N–H and O–H groups in total. The average molecular weight is 268 g/mol. The number of non-ortho nitro benzene ring substituents is 1. The minimum absolute atomic E-state index is 0.126. The highest BCUT2D eigenvalue weighted by molar-refractivity contribution is 8.01. The van der Waals surface area contributed by atoms with Gasteiger partial charge in [-0.3, -0.25) is 10.1 Å². The molecule has 4 nitrogen and oxygen atoms in total. The summed E-state index contributed by atoms with van der Waals surface area (Å²) in [6.07, 6.45) is 0. The van der Waals surface area contributed by atoms with Gasteiger partial charge in [-0.2, -0.15) is 0 Å². The van der Waals surface area contributed by atoms with Gasteiger partial charge in [0.25, 0.3) is 5.69 Å². The largest absolute Gasteiger partial charge is 0.270 e. The number of nitro groups is 1. The van der Waals surface area contributed by atoms with Crippen molar-refractivity contribution in [1.29, 1.82) is 0 Å². The predicted molar refractivity (Wildman–Crippen MR) is 71.8 cm³/mol. The number of aromatic nitrogens is 1. The third-order valence-corrected chi connectivity index (χ3v) is 4.69. The summed E-state index contributed by atoms with van der Waals surface area (Å²) in [6.45, 7) is 4.32. The van der Waals surface area contributed by atoms with E-state index in [-0.39, 0.29) is 10.6 Å². The molecule has 0 aliphatic carbocycles. The summed E-state index contributed by atoms with van der Waals surface area (Å²) < 4.78 is 1.86. The Morgan fingerprint density at radius 1 is 1.53 bits per heavy atom. The van der Waals surface area contributed by atoms with Crippen LogP contribution in [-0.4, -0.2) is 15.7 Å². The van der Waals surface area contributed by atoms with Crippen molar-refractivity contribution in [3.8, 4) is 0 Å². The molecule has 0 aliphatic rings. The first kappa shape index (κ1) is 12.3. The van der Waals surface area contributed by atoms with Crippen LogP contribution in [0.4, 0.5) is 5.69 Å². The van der Waals surface area contributed by atoms with Crippen molar-refractivity contribution >= 4 is 39.0 Å². The normalized spacial score (nSPS) is 11.2. The summed E-state index contributed by atoms with van der Waals surface area (Å²) in [5.74, 6) is 1.63. The standard InChI is InChI=1S/C11H12N2O2S2/c1-7(2)6-16-11-12-9-4-3-8(13(14)15)5-10(9)17-11/h3-5,7H,6H2,1-2H3. The van der Waals surface area contributed by atoms with Crippen LogP contribution in [0.3, 0.4) is 0 Å². The van der Waals surface area contributed by atoms with Gasteiger partial charge >= 0.3 is 0 Å². The molecule has 1 aromatic carbocycles. The summed E-state index contributed by atoms with van der Waals surface area (Å²) in [7, 11) is 0. The molecule has 0 radical (unpaired) electrons. The maximum atomic E-state index is 10.7. The Balaban J connectivity index is 2.27. The number of fused-ring (bicyclic) bond motifs is 1. The van der Waals surface area contributed by atoms with Crippen molar-refractivity contribution in [2.24, 2.45) is 5.92 Å². The minimum Gasteiger partial charge on any atom is -0.258 e. The Morgan fingerprint density at radius 2 is 2.29 bits per heavy atom. The molecule has 0 unspecified atom stereocenters. The SMILES string of the molecule is CC(C)CSc1nc2ccc([N+](=O)[O-])cc2s1. The molecule has 0 saturated carbocycles. The van der Waals surface area contributed by atoms with Gasteiger partial charge in [-0.25, -0.2) is 4.98 Å². The van der Waals surface area contributed by atoms with Crippen molar-refractivity contribution in [1.82, 2.24) is 4.98 Å². The van der Waals surface area contributed by atoms with Gasteiger partial charge in [0.1, 0.15) is 0 Å². The summed E-state index contributed by atoms with van der Waals surface area (Å²) >= 11 is 3.22. The zero-order chi connectivity index (χ0) is 12.4. The quantitative estimate of drug-likeness (QED) is 0.478. The molecule has 0 spiro atoms. The molecular weight excluding hydrogens is 256 g/mol. The topological polar surface area (TPSA) is 56.0 Å². The Kier molecular flexibility index (Phi) is 3.63. The Labute approximate surface area is 107 Å². The van der Waals surface area contributed by atoms with Gasteiger partial charge in [-0.1, -0.05) is 25.6 Å². The fourth-order valence-electron chi connectivity index (χ4n) is 1.31. The van der Waals surface area contributed by atoms with Crippen LogP contribution < -0.4 is 0 Å². The van der Waals surface area contributed by atoms with Gasteiger partial charge in [0, 0.05) is 17.9 Å². The molecule has 0 bridgehead atoms. The van der Waals surface area contributed by atoms with Gasteiger partial charge in [0.05, 0.1) is 15.1 Å². The lowest BCUT2D eigenvalue weighted by Gasteiger charge is -1.99. The van der Waals surface area contributed by atoms with Crippen molar-refractivity contribution in [2.75, 3.05) is 5.75 Å². The highest BCUT2D eigenvalue weighted by atomic mass is 32.2. The van der Waals surface area contributed by atoms with E-state index in [0.29, 0.717) is 5.92 Å². The van der Waals surface area contributed by atoms with Gasteiger partial charge in [-0.15, -0.1) is 11.3 Å². The number of thiazole rings is 1. The fourth-order valence-corrected chi connectivity index (χ4v) is 3.38. The fraction of sp³-hybridized carbons (Fsp3) is 0.364. The number of benzene rings is 1. The van der Waals surface area contributed by atoms with E-state index in [4.69, 9.17) is 0 Å². The second-order valence-electron chi connectivity index (χ2n) is 4.09. The molecule has 0 saturated heterocycles. The van der Waals surface area contributed by atoms with E-state index in [0.717, 1.165) is 20.3 Å². The average Bonchev–Trinajstić information content (AvgIpc) is 2.67. The highest BCUT2D eigenvalue weighted by Gasteiger charge is 2.10. The lowest BCUT2D eigenvalue weighted by atomic mass is 10.3.